The van der Waals surface area contributed by atoms with Crippen LogP contribution in [-0.2, 0) is 14.3 Å². The molecule has 0 fully saturated rings. The Bertz CT molecular complexity index is 213. The number of ether oxygens (including phenoxy) is 1. The van der Waals surface area contributed by atoms with Gasteiger partial charge >= 0.3 is 5.97 Å². The van der Waals surface area contributed by atoms with E-state index in [2.05, 4.69) is 6.58 Å². The molecule has 4 nitrogen and oxygen atoms in total. The molecule has 0 aromatic carbocycles. The second-order valence-corrected chi connectivity index (χ2v) is 3.17. The van der Waals surface area contributed by atoms with Gasteiger partial charge in [-0.1, -0.05) is 13.5 Å². The number of hydrogen-bond donors (Lipinski definition) is 1. The van der Waals surface area contributed by atoms with E-state index in [1.165, 1.54) is 0 Å². The number of rotatable bonds is 7. The number of unbranched alkanes of at least 4 members (excludes halogenated alkanes) is 1. The Hall–Kier alpha value is -1.32. The Labute approximate surface area is 84.1 Å². The van der Waals surface area contributed by atoms with E-state index in [9.17, 15) is 9.59 Å². The predicted octanol–water partition coefficient (Wildman–Crippen LogP) is 1.01. The van der Waals surface area contributed by atoms with Gasteiger partial charge in [0.05, 0.1) is 6.61 Å². The minimum Gasteiger partial charge on any atom is -0.463 e. The van der Waals surface area contributed by atoms with Crippen molar-refractivity contribution in [2.24, 2.45) is 11.7 Å². The van der Waals surface area contributed by atoms with Crippen molar-refractivity contribution in [2.45, 2.75) is 26.2 Å². The highest BCUT2D eigenvalue weighted by Gasteiger charge is 2.07. The van der Waals surface area contributed by atoms with Gasteiger partial charge < -0.3 is 10.5 Å². The van der Waals surface area contributed by atoms with Crippen molar-refractivity contribution in [2.75, 3.05) is 6.61 Å². The van der Waals surface area contributed by atoms with Crippen molar-refractivity contribution in [3.05, 3.63) is 12.7 Å². The Balaban J connectivity index is 3.34. The maximum absolute atomic E-state index is 10.6. The molecule has 0 rings (SSSR count). The van der Waals surface area contributed by atoms with Gasteiger partial charge in [-0.25, -0.2) is 4.79 Å². The van der Waals surface area contributed by atoms with Crippen LogP contribution in [0.3, 0.4) is 0 Å². The van der Waals surface area contributed by atoms with E-state index < -0.39 is 5.97 Å². The molecule has 0 spiro atoms. The van der Waals surface area contributed by atoms with Gasteiger partial charge in [0.25, 0.3) is 0 Å². The first-order valence-electron chi connectivity index (χ1n) is 4.66. The van der Waals surface area contributed by atoms with Crippen LogP contribution in [0.1, 0.15) is 26.2 Å². The summed E-state index contributed by atoms with van der Waals surface area (Å²) >= 11 is 0. The minimum atomic E-state index is -0.409. The van der Waals surface area contributed by atoms with Gasteiger partial charge in [0.15, 0.2) is 0 Å². The molecule has 0 aliphatic carbocycles. The lowest BCUT2D eigenvalue weighted by molar-refractivity contribution is -0.138. The molecule has 1 atom stereocenters. The van der Waals surface area contributed by atoms with Crippen LogP contribution in [0.4, 0.5) is 0 Å². The molecule has 0 aromatic rings. The molecule has 0 aliphatic rings. The Morgan fingerprint density at radius 1 is 1.50 bits per heavy atom. The molecule has 80 valence electrons. The summed E-state index contributed by atoms with van der Waals surface area (Å²) in [5, 5.41) is 0. The number of hydrogen-bond acceptors (Lipinski definition) is 3. The zero-order valence-corrected chi connectivity index (χ0v) is 8.49. The quantitative estimate of drug-likeness (QED) is 0.378. The van der Waals surface area contributed by atoms with Crippen molar-refractivity contribution in [3.8, 4) is 0 Å². The monoisotopic (exact) mass is 199 g/mol. The molecule has 0 radical (unpaired) electrons. The lowest BCUT2D eigenvalue weighted by atomic mass is 10.0. The van der Waals surface area contributed by atoms with Gasteiger partial charge in [0.1, 0.15) is 0 Å². The van der Waals surface area contributed by atoms with Gasteiger partial charge in [-0.05, 0) is 19.3 Å². The number of carbonyl (C=O) groups excluding carboxylic acids is 2. The highest BCUT2D eigenvalue weighted by atomic mass is 16.5. The van der Waals surface area contributed by atoms with E-state index in [1.54, 1.807) is 6.92 Å². The molecule has 1 amide bonds. The molecule has 2 N–H and O–H groups in total. The first kappa shape index (κ1) is 12.7. The molecular formula is C10H17NO3. The predicted molar refractivity (Wildman–Crippen MR) is 53.4 cm³/mol. The molecule has 14 heavy (non-hydrogen) atoms. The van der Waals surface area contributed by atoms with Crippen LogP contribution in [0.5, 0.6) is 0 Å². The highest BCUT2D eigenvalue weighted by Crippen LogP contribution is 2.06. The van der Waals surface area contributed by atoms with Gasteiger partial charge in [0.2, 0.25) is 5.91 Å². The van der Waals surface area contributed by atoms with Crippen molar-refractivity contribution in [1.82, 2.24) is 0 Å². The van der Waals surface area contributed by atoms with Crippen molar-refractivity contribution in [3.63, 3.8) is 0 Å². The molecule has 0 bridgehead atoms. The lowest BCUT2D eigenvalue weighted by Crippen LogP contribution is -2.20. The van der Waals surface area contributed by atoms with E-state index in [0.717, 1.165) is 25.3 Å². The van der Waals surface area contributed by atoms with E-state index >= 15 is 0 Å². The van der Waals surface area contributed by atoms with Crippen LogP contribution in [0, 0.1) is 5.92 Å². The summed E-state index contributed by atoms with van der Waals surface area (Å²) < 4.78 is 4.76. The smallest absolute Gasteiger partial charge is 0.330 e. The average Bonchev–Trinajstić information content (AvgIpc) is 2.16. The van der Waals surface area contributed by atoms with E-state index in [1.807, 2.05) is 0 Å². The topological polar surface area (TPSA) is 69.4 Å². The van der Waals surface area contributed by atoms with Crippen LogP contribution < -0.4 is 5.73 Å². The number of amides is 1. The van der Waals surface area contributed by atoms with E-state index in [-0.39, 0.29) is 11.8 Å². The Morgan fingerprint density at radius 3 is 2.64 bits per heavy atom. The lowest BCUT2D eigenvalue weighted by Gasteiger charge is -2.06. The van der Waals surface area contributed by atoms with Gasteiger partial charge in [-0.15, -0.1) is 0 Å². The number of esters is 1. The van der Waals surface area contributed by atoms with Crippen LogP contribution in [0.25, 0.3) is 0 Å². The maximum Gasteiger partial charge on any atom is 0.330 e. The van der Waals surface area contributed by atoms with Gasteiger partial charge in [-0.3, -0.25) is 4.79 Å². The highest BCUT2D eigenvalue weighted by molar-refractivity contribution is 5.81. The number of primary amides is 1. The maximum atomic E-state index is 10.6. The van der Waals surface area contributed by atoms with Crippen molar-refractivity contribution >= 4 is 11.9 Å². The molecule has 0 saturated carbocycles. The van der Waals surface area contributed by atoms with Gasteiger partial charge in [0, 0.05) is 12.0 Å². The SMILES string of the molecule is C=CC(=O)OCCCCC(C)C(N)=O. The Kier molecular flexibility index (Phi) is 6.45. The second-order valence-electron chi connectivity index (χ2n) is 3.17. The normalized spacial score (nSPS) is 11.8. The molecule has 1 unspecified atom stereocenters. The van der Waals surface area contributed by atoms with Crippen LogP contribution in [0.2, 0.25) is 0 Å². The molecule has 0 heterocycles. The third-order valence-corrected chi connectivity index (χ3v) is 1.93. The summed E-state index contributed by atoms with van der Waals surface area (Å²) in [4.78, 5) is 21.2. The summed E-state index contributed by atoms with van der Waals surface area (Å²) in [5.41, 5.74) is 5.08. The molecule has 0 aromatic heterocycles. The van der Waals surface area contributed by atoms with E-state index in [4.69, 9.17) is 10.5 Å². The van der Waals surface area contributed by atoms with Crippen molar-refractivity contribution in [1.29, 1.82) is 0 Å². The third kappa shape index (κ3) is 6.22. The summed E-state index contributed by atoms with van der Waals surface area (Å²) in [5.74, 6) is -0.800. The van der Waals surface area contributed by atoms with Crippen LogP contribution >= 0.6 is 0 Å². The average molecular weight is 199 g/mol. The summed E-state index contributed by atoms with van der Waals surface area (Å²) in [6.45, 7) is 5.44. The first-order valence-corrected chi connectivity index (χ1v) is 4.66. The van der Waals surface area contributed by atoms with E-state index in [0.29, 0.717) is 6.61 Å². The fourth-order valence-corrected chi connectivity index (χ4v) is 0.927. The summed E-state index contributed by atoms with van der Waals surface area (Å²) in [6, 6.07) is 0. The first-order chi connectivity index (χ1) is 6.57. The second kappa shape index (κ2) is 7.12. The molecule has 4 heteroatoms. The third-order valence-electron chi connectivity index (χ3n) is 1.93. The van der Waals surface area contributed by atoms with Crippen LogP contribution in [0.15, 0.2) is 12.7 Å². The van der Waals surface area contributed by atoms with Gasteiger partial charge in [-0.2, -0.15) is 0 Å². The minimum absolute atomic E-state index is 0.106. The fraction of sp³-hybridized carbons (Fsp3) is 0.600. The van der Waals surface area contributed by atoms with Crippen LogP contribution in [-0.4, -0.2) is 18.5 Å². The summed E-state index contributed by atoms with van der Waals surface area (Å²) in [7, 11) is 0. The number of carbonyl (C=O) groups is 2. The number of nitrogens with two attached hydrogens (primary N) is 1. The summed E-state index contributed by atoms with van der Waals surface area (Å²) in [6.07, 6.45) is 3.44. The zero-order chi connectivity index (χ0) is 11.0. The fourth-order valence-electron chi connectivity index (χ4n) is 0.927. The standard InChI is InChI=1S/C10H17NO3/c1-3-9(12)14-7-5-4-6-8(2)10(11)13/h3,8H,1,4-7H2,2H3,(H2,11,13). The molecular weight excluding hydrogens is 182 g/mol. The zero-order valence-electron chi connectivity index (χ0n) is 8.49. The van der Waals surface area contributed by atoms with Crippen molar-refractivity contribution < 1.29 is 14.3 Å². The molecule has 0 saturated heterocycles. The Morgan fingerprint density at radius 2 is 2.14 bits per heavy atom. The molecule has 0 aliphatic heterocycles. The largest absolute Gasteiger partial charge is 0.463 e.